The number of aryl methyl sites for hydroxylation is 1. The van der Waals surface area contributed by atoms with Crippen molar-refractivity contribution in [3.8, 4) is 16.5 Å². The van der Waals surface area contributed by atoms with Gasteiger partial charge in [0.1, 0.15) is 11.5 Å². The van der Waals surface area contributed by atoms with Crippen LogP contribution < -0.4 is 10.1 Å². The average molecular weight is 420 g/mol. The Hall–Kier alpha value is -2.84. The summed E-state index contributed by atoms with van der Waals surface area (Å²) in [6, 6.07) is 8.62. The highest BCUT2D eigenvalue weighted by Crippen LogP contribution is 2.28. The molecule has 0 radical (unpaired) electrons. The smallest absolute Gasteiger partial charge is 0.276 e. The summed E-state index contributed by atoms with van der Waals surface area (Å²) in [6.07, 6.45) is 0. The van der Waals surface area contributed by atoms with Crippen LogP contribution in [-0.4, -0.2) is 42.4 Å². The number of hydrogen-bond donors (Lipinski definition) is 1. The van der Waals surface area contributed by atoms with Crippen molar-refractivity contribution in [3.05, 3.63) is 52.2 Å². The first-order valence-corrected chi connectivity index (χ1v) is 9.55. The number of aromatic nitrogens is 1. The van der Waals surface area contributed by atoms with Gasteiger partial charge in [0.25, 0.3) is 5.91 Å². The van der Waals surface area contributed by atoms with Crippen LogP contribution in [0.25, 0.3) is 10.8 Å². The van der Waals surface area contributed by atoms with E-state index in [2.05, 4.69) is 10.3 Å². The van der Waals surface area contributed by atoms with Gasteiger partial charge in [-0.15, -0.1) is 11.3 Å². The van der Waals surface area contributed by atoms with E-state index in [0.29, 0.717) is 28.1 Å². The van der Waals surface area contributed by atoms with Crippen LogP contribution in [0, 0.1) is 6.92 Å². The lowest BCUT2D eigenvalue weighted by Gasteiger charge is -2.16. The minimum Gasteiger partial charge on any atom is -0.495 e. The van der Waals surface area contributed by atoms with Gasteiger partial charge < -0.3 is 19.4 Å². The maximum absolute atomic E-state index is 12.7. The number of benzene rings is 1. The molecule has 0 unspecified atom stereocenters. The molecular formula is C19H18ClN3O4S. The number of likely N-dealkylation sites (N-methyl/N-ethyl adjacent to an activating group) is 1. The third-order valence-corrected chi connectivity index (χ3v) is 4.99. The number of amides is 2. The first-order valence-electron chi connectivity index (χ1n) is 8.29. The van der Waals surface area contributed by atoms with Crippen LogP contribution in [0.4, 0.5) is 5.69 Å². The number of thiophene rings is 1. The van der Waals surface area contributed by atoms with Gasteiger partial charge in [0, 0.05) is 12.1 Å². The fourth-order valence-corrected chi connectivity index (χ4v) is 3.36. The number of carbonyl (C=O) groups is 2. The van der Waals surface area contributed by atoms with Gasteiger partial charge in [-0.1, -0.05) is 17.7 Å². The molecule has 0 fully saturated rings. The Morgan fingerprint density at radius 3 is 2.82 bits per heavy atom. The van der Waals surface area contributed by atoms with Crippen molar-refractivity contribution in [1.29, 1.82) is 0 Å². The van der Waals surface area contributed by atoms with E-state index < -0.39 is 11.8 Å². The molecule has 0 saturated carbocycles. The van der Waals surface area contributed by atoms with E-state index >= 15 is 0 Å². The fraction of sp³-hybridized carbons (Fsp3) is 0.211. The van der Waals surface area contributed by atoms with E-state index in [0.717, 1.165) is 4.88 Å². The summed E-state index contributed by atoms with van der Waals surface area (Å²) in [7, 11) is 3.02. The second-order valence-electron chi connectivity index (χ2n) is 5.96. The van der Waals surface area contributed by atoms with Gasteiger partial charge in [0.15, 0.2) is 5.69 Å². The van der Waals surface area contributed by atoms with E-state index in [9.17, 15) is 9.59 Å². The number of carbonyl (C=O) groups excluding carboxylic acids is 2. The van der Waals surface area contributed by atoms with Crippen molar-refractivity contribution in [3.63, 3.8) is 0 Å². The molecule has 2 amide bonds. The predicted octanol–water partition coefficient (Wildman–Crippen LogP) is 4.08. The molecule has 0 bridgehead atoms. The van der Waals surface area contributed by atoms with Crippen molar-refractivity contribution in [2.45, 2.75) is 6.92 Å². The van der Waals surface area contributed by atoms with Crippen LogP contribution >= 0.6 is 22.9 Å². The van der Waals surface area contributed by atoms with Gasteiger partial charge in [0.05, 0.1) is 24.2 Å². The van der Waals surface area contributed by atoms with Crippen molar-refractivity contribution in [2.24, 2.45) is 0 Å². The summed E-state index contributed by atoms with van der Waals surface area (Å²) in [5.74, 6) is 0.461. The molecule has 0 spiro atoms. The molecule has 0 saturated heterocycles. The van der Waals surface area contributed by atoms with E-state index in [-0.39, 0.29) is 12.2 Å². The number of anilines is 1. The Morgan fingerprint density at radius 2 is 2.14 bits per heavy atom. The Bertz CT molecular complexity index is 1000. The Kier molecular flexibility index (Phi) is 6.01. The van der Waals surface area contributed by atoms with E-state index in [1.165, 1.54) is 30.4 Å². The number of nitrogens with zero attached hydrogens (tertiary/aromatic N) is 2. The van der Waals surface area contributed by atoms with Crippen molar-refractivity contribution < 1.29 is 18.7 Å². The van der Waals surface area contributed by atoms with Crippen molar-refractivity contribution in [2.75, 3.05) is 26.0 Å². The number of rotatable bonds is 6. The van der Waals surface area contributed by atoms with Crippen LogP contribution in [0.5, 0.6) is 5.75 Å². The van der Waals surface area contributed by atoms with Gasteiger partial charge in [0.2, 0.25) is 11.8 Å². The zero-order valence-corrected chi connectivity index (χ0v) is 17.1. The first-order chi connectivity index (χ1) is 13.4. The molecule has 2 heterocycles. The summed E-state index contributed by atoms with van der Waals surface area (Å²) >= 11 is 7.43. The largest absolute Gasteiger partial charge is 0.495 e. The number of methoxy groups -OCH3 is 1. The van der Waals surface area contributed by atoms with Crippen molar-refractivity contribution >= 4 is 40.4 Å². The highest BCUT2D eigenvalue weighted by Gasteiger charge is 2.23. The van der Waals surface area contributed by atoms with E-state index in [4.69, 9.17) is 20.8 Å². The summed E-state index contributed by atoms with van der Waals surface area (Å²) in [5, 5.41) is 5.06. The number of ether oxygens (including phenoxy) is 1. The molecule has 1 aromatic carbocycles. The monoisotopic (exact) mass is 419 g/mol. The van der Waals surface area contributed by atoms with Crippen molar-refractivity contribution in [1.82, 2.24) is 9.88 Å². The molecule has 7 nitrogen and oxygen atoms in total. The van der Waals surface area contributed by atoms with Crippen LogP contribution in [0.2, 0.25) is 5.02 Å². The molecule has 28 heavy (non-hydrogen) atoms. The third kappa shape index (κ3) is 4.35. The summed E-state index contributed by atoms with van der Waals surface area (Å²) < 4.78 is 10.8. The van der Waals surface area contributed by atoms with E-state index in [1.807, 2.05) is 17.5 Å². The number of oxazole rings is 1. The second-order valence-corrected chi connectivity index (χ2v) is 7.34. The molecule has 9 heteroatoms. The summed E-state index contributed by atoms with van der Waals surface area (Å²) in [5.41, 5.74) is 0.609. The highest BCUT2D eigenvalue weighted by molar-refractivity contribution is 7.13. The molecule has 0 aliphatic heterocycles. The molecule has 3 aromatic rings. The Labute approximate surface area is 170 Å². The summed E-state index contributed by atoms with van der Waals surface area (Å²) in [4.78, 5) is 31.5. The van der Waals surface area contributed by atoms with Gasteiger partial charge in [-0.25, -0.2) is 4.98 Å². The second kappa shape index (κ2) is 8.45. The zero-order valence-electron chi connectivity index (χ0n) is 15.5. The normalized spacial score (nSPS) is 10.6. The van der Waals surface area contributed by atoms with Crippen LogP contribution in [0.3, 0.4) is 0 Å². The molecule has 0 aliphatic carbocycles. The minimum absolute atomic E-state index is 0.171. The Balaban J connectivity index is 1.69. The highest BCUT2D eigenvalue weighted by atomic mass is 35.5. The molecular weight excluding hydrogens is 402 g/mol. The maximum atomic E-state index is 12.7. The van der Waals surface area contributed by atoms with Crippen LogP contribution in [0.15, 0.2) is 40.1 Å². The lowest BCUT2D eigenvalue weighted by atomic mass is 10.3. The SMILES string of the molecule is COc1ccc(Cl)cc1NC(=O)CN(C)C(=O)c1nc(-c2cccs2)oc1C. The topological polar surface area (TPSA) is 84.7 Å². The predicted molar refractivity (Wildman–Crippen MR) is 108 cm³/mol. The molecule has 3 rings (SSSR count). The molecule has 0 aliphatic rings. The Morgan fingerprint density at radius 1 is 1.36 bits per heavy atom. The van der Waals surface area contributed by atoms with Gasteiger partial charge >= 0.3 is 0 Å². The quantitative estimate of drug-likeness (QED) is 0.650. The lowest BCUT2D eigenvalue weighted by Crippen LogP contribution is -2.35. The fourth-order valence-electron chi connectivity index (χ4n) is 2.54. The van der Waals surface area contributed by atoms with Gasteiger partial charge in [-0.05, 0) is 36.6 Å². The number of hydrogen-bond acceptors (Lipinski definition) is 6. The van der Waals surface area contributed by atoms with Crippen LogP contribution in [-0.2, 0) is 4.79 Å². The van der Waals surface area contributed by atoms with Crippen LogP contribution in [0.1, 0.15) is 16.2 Å². The van der Waals surface area contributed by atoms with Gasteiger partial charge in [-0.3, -0.25) is 9.59 Å². The zero-order chi connectivity index (χ0) is 20.3. The molecule has 1 N–H and O–H groups in total. The molecule has 146 valence electrons. The van der Waals surface area contributed by atoms with Gasteiger partial charge in [-0.2, -0.15) is 0 Å². The standard InChI is InChI=1S/C19H18ClN3O4S/c1-11-17(22-18(27-11)15-5-4-8-28-15)19(25)23(2)10-16(24)21-13-9-12(20)6-7-14(13)26-3/h4-9H,10H2,1-3H3,(H,21,24). The number of halogens is 1. The average Bonchev–Trinajstić information content (AvgIpc) is 3.30. The number of nitrogens with one attached hydrogen (secondary N) is 1. The summed E-state index contributed by atoms with van der Waals surface area (Å²) in [6.45, 7) is 1.50. The third-order valence-electron chi connectivity index (χ3n) is 3.89. The van der Waals surface area contributed by atoms with E-state index in [1.54, 1.807) is 25.1 Å². The lowest BCUT2D eigenvalue weighted by molar-refractivity contribution is -0.116. The molecule has 0 atom stereocenters. The minimum atomic E-state index is -0.405. The maximum Gasteiger partial charge on any atom is 0.276 e. The molecule has 2 aromatic heterocycles. The first kappa shape index (κ1) is 19.9.